The summed E-state index contributed by atoms with van der Waals surface area (Å²) in [5.41, 5.74) is 2.51. The van der Waals surface area contributed by atoms with Gasteiger partial charge in [-0.15, -0.1) is 0 Å². The van der Waals surface area contributed by atoms with Gasteiger partial charge in [-0.3, -0.25) is 14.5 Å². The lowest BCUT2D eigenvalue weighted by Gasteiger charge is -2.28. The fourth-order valence-electron chi connectivity index (χ4n) is 5.74. The third-order valence-electron chi connectivity index (χ3n) is 7.68. The Balaban J connectivity index is 1.36. The number of aliphatic hydroxyl groups excluding tert-OH is 1. The fraction of sp³-hybridized carbons (Fsp3) is 0.188. The van der Waals surface area contributed by atoms with Crippen LogP contribution in [0.1, 0.15) is 34.8 Å². The number of benzene rings is 4. The number of nitrogens with zero attached hydrogens (tertiary/aromatic N) is 2. The maximum absolute atomic E-state index is 13.9. The van der Waals surface area contributed by atoms with Gasteiger partial charge in [-0.25, -0.2) is 0 Å². The molecule has 0 fully saturated rings. The third kappa shape index (κ3) is 4.00. The molecule has 2 aliphatic heterocycles. The Morgan fingerprint density at radius 2 is 1.74 bits per heavy atom. The lowest BCUT2D eigenvalue weighted by atomic mass is 9.83. The van der Waals surface area contributed by atoms with E-state index in [2.05, 4.69) is 15.9 Å². The van der Waals surface area contributed by atoms with E-state index >= 15 is 0 Å². The van der Waals surface area contributed by atoms with E-state index in [1.54, 1.807) is 34.9 Å². The molecule has 2 atom stereocenters. The number of carbonyl (C=O) groups is 2. The molecule has 0 radical (unpaired) electrons. The van der Waals surface area contributed by atoms with E-state index in [4.69, 9.17) is 5.11 Å². The quantitative estimate of drug-likeness (QED) is 0.254. The topological polar surface area (TPSA) is 81.1 Å². The van der Waals surface area contributed by atoms with E-state index in [0.29, 0.717) is 23.2 Å². The molecule has 39 heavy (non-hydrogen) atoms. The highest BCUT2D eigenvalue weighted by atomic mass is 79.9. The van der Waals surface area contributed by atoms with E-state index in [1.165, 1.54) is 0 Å². The van der Waals surface area contributed by atoms with Crippen molar-refractivity contribution in [3.05, 3.63) is 112 Å². The van der Waals surface area contributed by atoms with Crippen LogP contribution >= 0.6 is 15.9 Å². The number of halogens is 1. The molecule has 196 valence electrons. The molecule has 2 aliphatic rings. The average Bonchev–Trinajstić information content (AvgIpc) is 3.34. The molecule has 2 heterocycles. The van der Waals surface area contributed by atoms with Crippen LogP contribution in [0.2, 0.25) is 0 Å². The maximum atomic E-state index is 13.9. The molecule has 0 aliphatic carbocycles. The SMILES string of the molecule is C[C@H](/C=C/CCO)[C@@]1(O)C(=O)N(Cc2cccc(N3C(=O)c4cccc5cccc3c45)c2)c2ccc(Br)cc21. The number of anilines is 3. The summed E-state index contributed by atoms with van der Waals surface area (Å²) < 4.78 is 0.768. The maximum Gasteiger partial charge on any atom is 0.264 e. The predicted molar refractivity (Wildman–Crippen MR) is 156 cm³/mol. The number of hydrogen-bond donors (Lipinski definition) is 2. The molecule has 0 saturated heterocycles. The zero-order chi connectivity index (χ0) is 27.3. The van der Waals surface area contributed by atoms with Crippen molar-refractivity contribution in [1.29, 1.82) is 0 Å². The standard InChI is InChI=1S/C32H27BrN2O4/c1-20(7-2-3-16-36)32(39)26-18-23(33)14-15-27(26)34(31(32)38)19-21-8-4-11-24(17-21)35-28-13-6-10-22-9-5-12-25(29(22)28)30(35)37/h2,4-15,17-18,20,36,39H,3,16,19H2,1H3/b7-2+/t20-,32+/m1/s1. The highest BCUT2D eigenvalue weighted by molar-refractivity contribution is 9.10. The van der Waals surface area contributed by atoms with Gasteiger partial charge in [0.2, 0.25) is 0 Å². The predicted octanol–water partition coefficient (Wildman–Crippen LogP) is 6.20. The number of aliphatic hydroxyl groups is 2. The molecular formula is C32H27BrN2O4. The van der Waals surface area contributed by atoms with E-state index in [1.807, 2.05) is 72.8 Å². The summed E-state index contributed by atoms with van der Waals surface area (Å²) in [6.07, 6.45) is 4.01. The van der Waals surface area contributed by atoms with Gasteiger partial charge >= 0.3 is 0 Å². The van der Waals surface area contributed by atoms with Crippen LogP contribution < -0.4 is 9.80 Å². The second-order valence-corrected chi connectivity index (χ2v) is 11.0. The van der Waals surface area contributed by atoms with Gasteiger partial charge in [-0.05, 0) is 59.8 Å². The summed E-state index contributed by atoms with van der Waals surface area (Å²) in [5.74, 6) is -0.997. The summed E-state index contributed by atoms with van der Waals surface area (Å²) in [5, 5.41) is 22.9. The van der Waals surface area contributed by atoms with Gasteiger partial charge in [-0.2, -0.15) is 0 Å². The van der Waals surface area contributed by atoms with Gasteiger partial charge in [-0.1, -0.05) is 71.4 Å². The first kappa shape index (κ1) is 25.5. The summed E-state index contributed by atoms with van der Waals surface area (Å²) >= 11 is 3.48. The van der Waals surface area contributed by atoms with Crippen LogP contribution in [0.25, 0.3) is 10.8 Å². The molecule has 0 bridgehead atoms. The van der Waals surface area contributed by atoms with Crippen molar-refractivity contribution >= 4 is 55.6 Å². The van der Waals surface area contributed by atoms with Gasteiger partial charge in [0.1, 0.15) is 0 Å². The normalized spacial score (nSPS) is 19.0. The molecule has 4 aromatic carbocycles. The van der Waals surface area contributed by atoms with E-state index in [0.717, 1.165) is 32.2 Å². The molecule has 7 heteroatoms. The number of carbonyl (C=O) groups excluding carboxylic acids is 2. The van der Waals surface area contributed by atoms with Gasteiger partial charge in [0.15, 0.2) is 5.60 Å². The molecule has 2 amide bonds. The van der Waals surface area contributed by atoms with Crippen LogP contribution in [0, 0.1) is 5.92 Å². The van der Waals surface area contributed by atoms with E-state index in [-0.39, 0.29) is 19.1 Å². The average molecular weight is 583 g/mol. The first-order valence-corrected chi connectivity index (χ1v) is 13.7. The zero-order valence-corrected chi connectivity index (χ0v) is 22.9. The molecule has 4 aromatic rings. The molecule has 2 N–H and O–H groups in total. The highest BCUT2D eigenvalue weighted by Gasteiger charge is 2.52. The van der Waals surface area contributed by atoms with Crippen molar-refractivity contribution < 1.29 is 19.8 Å². The lowest BCUT2D eigenvalue weighted by molar-refractivity contribution is -0.139. The van der Waals surface area contributed by atoms with Crippen LogP contribution in [0.4, 0.5) is 17.1 Å². The molecule has 0 spiro atoms. The van der Waals surface area contributed by atoms with Crippen molar-refractivity contribution in [2.45, 2.75) is 25.5 Å². The van der Waals surface area contributed by atoms with E-state index < -0.39 is 17.4 Å². The Morgan fingerprint density at radius 3 is 2.54 bits per heavy atom. The minimum Gasteiger partial charge on any atom is -0.396 e. The molecule has 6 nitrogen and oxygen atoms in total. The van der Waals surface area contributed by atoms with Crippen molar-refractivity contribution in [3.63, 3.8) is 0 Å². The molecule has 0 aromatic heterocycles. The zero-order valence-electron chi connectivity index (χ0n) is 21.3. The first-order valence-electron chi connectivity index (χ1n) is 12.9. The van der Waals surface area contributed by atoms with Gasteiger partial charge in [0.05, 0.1) is 23.5 Å². The fourth-order valence-corrected chi connectivity index (χ4v) is 6.10. The minimum absolute atomic E-state index is 0.000694. The smallest absolute Gasteiger partial charge is 0.264 e. The second-order valence-electron chi connectivity index (χ2n) is 10.0. The summed E-state index contributed by atoms with van der Waals surface area (Å²) in [6, 6.07) is 24.8. The molecule has 6 rings (SSSR count). The molecule has 0 unspecified atom stereocenters. The first-order chi connectivity index (χ1) is 18.8. The van der Waals surface area contributed by atoms with Crippen LogP contribution in [0.3, 0.4) is 0 Å². The van der Waals surface area contributed by atoms with Crippen molar-refractivity contribution in [1.82, 2.24) is 0 Å². The van der Waals surface area contributed by atoms with Crippen molar-refractivity contribution in [2.75, 3.05) is 16.4 Å². The Kier molecular flexibility index (Phi) is 6.38. The number of amides is 2. The largest absolute Gasteiger partial charge is 0.396 e. The number of hydrogen-bond acceptors (Lipinski definition) is 4. The third-order valence-corrected chi connectivity index (χ3v) is 8.17. The Bertz CT molecular complexity index is 1660. The highest BCUT2D eigenvalue weighted by Crippen LogP contribution is 2.47. The summed E-state index contributed by atoms with van der Waals surface area (Å²) in [6.45, 7) is 2.03. The second kappa shape index (κ2) is 9.75. The molecule has 0 saturated carbocycles. The Labute approximate surface area is 234 Å². The summed E-state index contributed by atoms with van der Waals surface area (Å²) in [4.78, 5) is 30.6. The van der Waals surface area contributed by atoms with Gasteiger partial charge < -0.3 is 15.1 Å². The van der Waals surface area contributed by atoms with Crippen LogP contribution in [-0.2, 0) is 16.9 Å². The van der Waals surface area contributed by atoms with Crippen LogP contribution in [0.15, 0.2) is 95.5 Å². The molecular weight excluding hydrogens is 556 g/mol. The minimum atomic E-state index is -1.75. The van der Waals surface area contributed by atoms with Gasteiger partial charge in [0.25, 0.3) is 11.8 Å². The van der Waals surface area contributed by atoms with E-state index in [9.17, 15) is 14.7 Å². The Morgan fingerprint density at radius 1 is 0.974 bits per heavy atom. The lowest BCUT2D eigenvalue weighted by Crippen LogP contribution is -2.44. The van der Waals surface area contributed by atoms with Crippen LogP contribution in [0.5, 0.6) is 0 Å². The van der Waals surface area contributed by atoms with Crippen molar-refractivity contribution in [2.24, 2.45) is 5.92 Å². The summed E-state index contributed by atoms with van der Waals surface area (Å²) in [7, 11) is 0. The number of rotatable bonds is 7. The van der Waals surface area contributed by atoms with Crippen molar-refractivity contribution in [3.8, 4) is 0 Å². The monoisotopic (exact) mass is 582 g/mol. The Hall–Kier alpha value is -3.78. The number of fused-ring (bicyclic) bond motifs is 1. The van der Waals surface area contributed by atoms with Crippen LogP contribution in [-0.4, -0.2) is 28.6 Å². The van der Waals surface area contributed by atoms with Gasteiger partial charge in [0, 0.05) is 33.6 Å².